The molecule has 0 aliphatic heterocycles. The van der Waals surface area contributed by atoms with Crippen LogP contribution in [-0.4, -0.2) is 55.0 Å². The highest BCUT2D eigenvalue weighted by molar-refractivity contribution is 7.92. The maximum Gasteiger partial charge on any atom is 0.264 e. The molecule has 38 heavy (non-hydrogen) atoms. The molecule has 0 saturated heterocycles. The summed E-state index contributed by atoms with van der Waals surface area (Å²) in [5, 5.41) is 4.26. The standard InChI is InChI=1S/C27H31N3O7S/c1-6-22(19-12-15-24(35-3)26(16-19)37-5)28-29-27(31)18-30(38(32,33)21-10-8-7-9-11-21)23-14-13-20(34-2)17-25(23)36-4/h7-17H,6,18H2,1-5H3,(H,29,31)/b28-22-. The number of methoxy groups -OCH3 is 4. The van der Waals surface area contributed by atoms with Crippen molar-refractivity contribution in [3.05, 3.63) is 72.3 Å². The minimum Gasteiger partial charge on any atom is -0.497 e. The van der Waals surface area contributed by atoms with Gasteiger partial charge in [0.05, 0.1) is 44.7 Å². The predicted octanol–water partition coefficient (Wildman–Crippen LogP) is 3.85. The Morgan fingerprint density at radius 2 is 1.53 bits per heavy atom. The fourth-order valence-corrected chi connectivity index (χ4v) is 5.12. The van der Waals surface area contributed by atoms with E-state index < -0.39 is 22.5 Å². The molecule has 0 aromatic heterocycles. The normalized spacial score (nSPS) is 11.4. The van der Waals surface area contributed by atoms with Crippen LogP contribution in [0.5, 0.6) is 23.0 Å². The van der Waals surface area contributed by atoms with Gasteiger partial charge in [0.2, 0.25) is 0 Å². The summed E-state index contributed by atoms with van der Waals surface area (Å²) in [6.07, 6.45) is 0.494. The van der Waals surface area contributed by atoms with Crippen molar-refractivity contribution >= 4 is 27.3 Å². The number of anilines is 1. The van der Waals surface area contributed by atoms with Crippen molar-refractivity contribution < 1.29 is 32.2 Å². The molecule has 0 aliphatic rings. The highest BCUT2D eigenvalue weighted by atomic mass is 32.2. The lowest BCUT2D eigenvalue weighted by atomic mass is 10.1. The van der Waals surface area contributed by atoms with E-state index >= 15 is 0 Å². The molecule has 10 nitrogen and oxygen atoms in total. The van der Waals surface area contributed by atoms with Crippen LogP contribution in [0.3, 0.4) is 0 Å². The molecule has 0 saturated carbocycles. The first-order valence-electron chi connectivity index (χ1n) is 11.7. The summed E-state index contributed by atoms with van der Waals surface area (Å²) in [4.78, 5) is 13.1. The van der Waals surface area contributed by atoms with Gasteiger partial charge in [-0.05, 0) is 48.9 Å². The average molecular weight is 542 g/mol. The van der Waals surface area contributed by atoms with Crippen molar-refractivity contribution in [3.8, 4) is 23.0 Å². The van der Waals surface area contributed by atoms with Gasteiger partial charge in [-0.25, -0.2) is 13.8 Å². The van der Waals surface area contributed by atoms with Crippen LogP contribution in [0.15, 0.2) is 76.7 Å². The predicted molar refractivity (Wildman–Crippen MR) is 145 cm³/mol. The number of sulfonamides is 1. The van der Waals surface area contributed by atoms with E-state index in [2.05, 4.69) is 10.5 Å². The quantitative estimate of drug-likeness (QED) is 0.274. The molecule has 0 atom stereocenters. The number of benzene rings is 3. The molecule has 3 rings (SSSR count). The molecule has 1 amide bonds. The summed E-state index contributed by atoms with van der Waals surface area (Å²) in [5.74, 6) is 1.13. The van der Waals surface area contributed by atoms with Gasteiger partial charge >= 0.3 is 0 Å². The number of hydrogen-bond donors (Lipinski definition) is 1. The third-order valence-electron chi connectivity index (χ3n) is 5.64. The van der Waals surface area contributed by atoms with E-state index in [-0.39, 0.29) is 16.3 Å². The van der Waals surface area contributed by atoms with Crippen LogP contribution < -0.4 is 28.7 Å². The second-order valence-corrected chi connectivity index (χ2v) is 9.74. The molecular weight excluding hydrogens is 510 g/mol. The van der Waals surface area contributed by atoms with E-state index in [1.165, 1.54) is 39.5 Å². The second kappa shape index (κ2) is 12.8. The molecule has 0 spiro atoms. The molecule has 0 heterocycles. The molecule has 0 bridgehead atoms. The summed E-state index contributed by atoms with van der Waals surface area (Å²) in [7, 11) is 1.83. The van der Waals surface area contributed by atoms with E-state index in [9.17, 15) is 13.2 Å². The van der Waals surface area contributed by atoms with Gasteiger partial charge in [0.25, 0.3) is 15.9 Å². The third-order valence-corrected chi connectivity index (χ3v) is 7.42. The zero-order valence-corrected chi connectivity index (χ0v) is 22.7. The Morgan fingerprint density at radius 1 is 0.842 bits per heavy atom. The Labute approximate surface area is 222 Å². The van der Waals surface area contributed by atoms with E-state index in [4.69, 9.17) is 18.9 Å². The third kappa shape index (κ3) is 6.35. The Bertz CT molecular complexity index is 1390. The number of carbonyl (C=O) groups is 1. The number of hydrazone groups is 1. The maximum atomic E-state index is 13.6. The number of hydrogen-bond acceptors (Lipinski definition) is 8. The molecule has 0 unspecified atom stereocenters. The fourth-order valence-electron chi connectivity index (χ4n) is 3.67. The number of amides is 1. The van der Waals surface area contributed by atoms with E-state index in [0.717, 1.165) is 9.87 Å². The van der Waals surface area contributed by atoms with Crippen LogP contribution in [-0.2, 0) is 14.8 Å². The van der Waals surface area contributed by atoms with Crippen LogP contribution >= 0.6 is 0 Å². The van der Waals surface area contributed by atoms with Gasteiger partial charge in [-0.2, -0.15) is 5.10 Å². The zero-order chi connectivity index (χ0) is 27.7. The highest BCUT2D eigenvalue weighted by Gasteiger charge is 2.29. The molecule has 0 aliphatic carbocycles. The maximum absolute atomic E-state index is 13.6. The molecule has 202 valence electrons. The number of carbonyl (C=O) groups excluding carboxylic acids is 1. The Morgan fingerprint density at radius 3 is 2.13 bits per heavy atom. The van der Waals surface area contributed by atoms with Crippen LogP contribution in [0, 0.1) is 0 Å². The van der Waals surface area contributed by atoms with Gasteiger partial charge in [0.1, 0.15) is 18.0 Å². The summed E-state index contributed by atoms with van der Waals surface area (Å²) in [6, 6.07) is 17.8. The van der Waals surface area contributed by atoms with E-state index in [0.29, 0.717) is 29.4 Å². The monoisotopic (exact) mass is 541 g/mol. The average Bonchev–Trinajstić information content (AvgIpc) is 2.96. The SMILES string of the molecule is CC/C(=N/NC(=O)CN(c1ccc(OC)cc1OC)S(=O)(=O)c1ccccc1)c1ccc(OC)c(OC)c1. The van der Waals surface area contributed by atoms with Gasteiger partial charge in [0, 0.05) is 11.6 Å². The molecular formula is C27H31N3O7S. The van der Waals surface area contributed by atoms with Gasteiger partial charge in [-0.3, -0.25) is 9.10 Å². The summed E-state index contributed by atoms with van der Waals surface area (Å²) >= 11 is 0. The Kier molecular flexibility index (Phi) is 9.55. The van der Waals surface area contributed by atoms with Crippen molar-refractivity contribution in [2.24, 2.45) is 5.10 Å². The smallest absolute Gasteiger partial charge is 0.264 e. The van der Waals surface area contributed by atoms with Gasteiger partial charge in [-0.1, -0.05) is 25.1 Å². The lowest BCUT2D eigenvalue weighted by molar-refractivity contribution is -0.119. The van der Waals surface area contributed by atoms with E-state index in [1.54, 1.807) is 55.6 Å². The first-order chi connectivity index (χ1) is 18.3. The Hall–Kier alpha value is -4.25. The summed E-state index contributed by atoms with van der Waals surface area (Å²) < 4.78 is 49.5. The summed E-state index contributed by atoms with van der Waals surface area (Å²) in [6.45, 7) is 1.34. The van der Waals surface area contributed by atoms with Crippen molar-refractivity contribution in [2.75, 3.05) is 39.3 Å². The number of nitrogens with zero attached hydrogens (tertiary/aromatic N) is 2. The Balaban J connectivity index is 1.95. The van der Waals surface area contributed by atoms with Crippen molar-refractivity contribution in [1.82, 2.24) is 5.43 Å². The topological polar surface area (TPSA) is 116 Å². The van der Waals surface area contributed by atoms with Crippen LogP contribution in [0.25, 0.3) is 0 Å². The number of ether oxygens (including phenoxy) is 4. The minimum absolute atomic E-state index is 0.0220. The van der Waals surface area contributed by atoms with Crippen LogP contribution in [0.1, 0.15) is 18.9 Å². The van der Waals surface area contributed by atoms with Crippen molar-refractivity contribution in [3.63, 3.8) is 0 Å². The molecule has 0 radical (unpaired) electrons. The largest absolute Gasteiger partial charge is 0.497 e. The summed E-state index contributed by atoms with van der Waals surface area (Å²) in [5.41, 5.74) is 3.95. The van der Waals surface area contributed by atoms with Gasteiger partial charge in [0.15, 0.2) is 11.5 Å². The number of nitrogens with one attached hydrogen (secondary N) is 1. The minimum atomic E-state index is -4.14. The van der Waals surface area contributed by atoms with Gasteiger partial charge < -0.3 is 18.9 Å². The zero-order valence-electron chi connectivity index (χ0n) is 21.9. The molecule has 0 fully saturated rings. The lowest BCUT2D eigenvalue weighted by Gasteiger charge is -2.25. The number of rotatable bonds is 12. The lowest BCUT2D eigenvalue weighted by Crippen LogP contribution is -2.40. The fraction of sp³-hybridized carbons (Fsp3) is 0.259. The molecule has 3 aromatic rings. The van der Waals surface area contributed by atoms with Crippen molar-refractivity contribution in [2.45, 2.75) is 18.2 Å². The van der Waals surface area contributed by atoms with Crippen molar-refractivity contribution in [1.29, 1.82) is 0 Å². The first-order valence-corrected chi connectivity index (χ1v) is 13.1. The molecule has 11 heteroatoms. The van der Waals surface area contributed by atoms with Crippen LogP contribution in [0.4, 0.5) is 5.69 Å². The molecule has 3 aromatic carbocycles. The molecule has 1 N–H and O–H groups in total. The first kappa shape index (κ1) is 28.3. The van der Waals surface area contributed by atoms with Crippen LogP contribution in [0.2, 0.25) is 0 Å². The van der Waals surface area contributed by atoms with Gasteiger partial charge in [-0.15, -0.1) is 0 Å². The highest BCUT2D eigenvalue weighted by Crippen LogP contribution is 2.35. The second-order valence-electron chi connectivity index (χ2n) is 7.88. The van der Waals surface area contributed by atoms with E-state index in [1.807, 2.05) is 6.92 Å².